The number of aryl methyl sites for hydroxylation is 2. The molecule has 0 bridgehead atoms. The Hall–Kier alpha value is -1.96. The van der Waals surface area contributed by atoms with E-state index in [1.165, 1.54) is 11.1 Å². The van der Waals surface area contributed by atoms with E-state index in [9.17, 15) is 9.59 Å². The molecule has 0 fully saturated rings. The Labute approximate surface area is 206 Å². The zero-order chi connectivity index (χ0) is 25.8. The molecule has 0 atom stereocenters. The fourth-order valence-electron chi connectivity index (χ4n) is 3.94. The highest BCUT2D eigenvalue weighted by molar-refractivity contribution is 5.76. The zero-order valence-corrected chi connectivity index (χ0v) is 22.6. The molecule has 0 spiro atoms. The van der Waals surface area contributed by atoms with Gasteiger partial charge < -0.3 is 24.0 Å². The normalized spacial score (nSPS) is 12.0. The molecule has 1 rings (SSSR count). The summed E-state index contributed by atoms with van der Waals surface area (Å²) in [5.41, 5.74) is 1.67. The lowest BCUT2D eigenvalue weighted by atomic mass is 9.93. The van der Waals surface area contributed by atoms with Gasteiger partial charge >= 0.3 is 0 Å². The maximum absolute atomic E-state index is 13.0. The number of methoxy groups -OCH3 is 2. The summed E-state index contributed by atoms with van der Waals surface area (Å²) < 4.78 is 16.5. The average molecular weight is 479 g/mol. The van der Waals surface area contributed by atoms with E-state index in [0.29, 0.717) is 52.5 Å². The number of amides is 2. The van der Waals surface area contributed by atoms with Gasteiger partial charge in [-0.2, -0.15) is 0 Å². The molecule has 0 aliphatic rings. The van der Waals surface area contributed by atoms with Gasteiger partial charge in [0.2, 0.25) is 11.8 Å². The fourth-order valence-corrected chi connectivity index (χ4v) is 3.94. The van der Waals surface area contributed by atoms with Gasteiger partial charge in [-0.05, 0) is 32.8 Å². The van der Waals surface area contributed by atoms with Crippen LogP contribution in [0.4, 0.5) is 0 Å². The standard InChI is InChI=1S/C27H46N2O5/c1-22-9-11-24(12-10-22)13-14-25(31)28(15-17-32-7)19-26(3,4)20-34-21-27(5,6)29(23(2)30)16-18-33-8/h9-12H,13-21H2,1-8H3. The van der Waals surface area contributed by atoms with Crippen molar-refractivity contribution in [3.8, 4) is 0 Å². The first-order chi connectivity index (χ1) is 15.9. The van der Waals surface area contributed by atoms with E-state index in [-0.39, 0.29) is 17.2 Å². The molecular weight excluding hydrogens is 432 g/mol. The maximum atomic E-state index is 13.0. The van der Waals surface area contributed by atoms with Gasteiger partial charge in [-0.1, -0.05) is 43.7 Å². The monoisotopic (exact) mass is 478 g/mol. The summed E-state index contributed by atoms with van der Waals surface area (Å²) in [7, 11) is 3.28. The first kappa shape index (κ1) is 30.1. The van der Waals surface area contributed by atoms with E-state index in [1.54, 1.807) is 26.0 Å². The summed E-state index contributed by atoms with van der Waals surface area (Å²) in [5.74, 6) is 0.114. The van der Waals surface area contributed by atoms with Gasteiger partial charge in [0, 0.05) is 52.6 Å². The van der Waals surface area contributed by atoms with Crippen molar-refractivity contribution in [1.82, 2.24) is 9.80 Å². The van der Waals surface area contributed by atoms with Crippen LogP contribution in [0.3, 0.4) is 0 Å². The molecule has 0 N–H and O–H groups in total. The summed E-state index contributed by atoms with van der Waals surface area (Å²) in [6.07, 6.45) is 1.18. The number of carbonyl (C=O) groups is 2. The highest BCUT2D eigenvalue weighted by Crippen LogP contribution is 2.22. The molecule has 0 heterocycles. The number of hydrogen-bond acceptors (Lipinski definition) is 5. The Morgan fingerprint density at radius 1 is 0.912 bits per heavy atom. The Balaban J connectivity index is 2.68. The lowest BCUT2D eigenvalue weighted by Crippen LogP contribution is -2.51. The highest BCUT2D eigenvalue weighted by atomic mass is 16.5. The second-order valence-corrected chi connectivity index (χ2v) is 10.4. The molecule has 0 aliphatic carbocycles. The zero-order valence-electron chi connectivity index (χ0n) is 22.6. The number of ether oxygens (including phenoxy) is 3. The van der Waals surface area contributed by atoms with Crippen molar-refractivity contribution >= 4 is 11.8 Å². The lowest BCUT2D eigenvalue weighted by molar-refractivity contribution is -0.139. The molecule has 194 valence electrons. The minimum Gasteiger partial charge on any atom is -0.383 e. The van der Waals surface area contributed by atoms with Gasteiger partial charge in [0.25, 0.3) is 0 Å². The molecule has 34 heavy (non-hydrogen) atoms. The number of hydrogen-bond donors (Lipinski definition) is 0. The van der Waals surface area contributed by atoms with Gasteiger partial charge in [0.1, 0.15) is 0 Å². The number of nitrogens with zero attached hydrogens (tertiary/aromatic N) is 2. The van der Waals surface area contributed by atoms with Crippen molar-refractivity contribution in [2.24, 2.45) is 5.41 Å². The molecule has 1 aromatic rings. The SMILES string of the molecule is COCCN(CC(C)(C)COCC(C)(C)N(CCOC)C(C)=O)C(=O)CCc1ccc(C)cc1. The van der Waals surface area contributed by atoms with Crippen LogP contribution in [0, 0.1) is 12.3 Å². The van der Waals surface area contributed by atoms with Crippen LogP contribution < -0.4 is 0 Å². The van der Waals surface area contributed by atoms with Crippen LogP contribution in [-0.2, 0) is 30.2 Å². The van der Waals surface area contributed by atoms with Crippen LogP contribution in [0.2, 0.25) is 0 Å². The third kappa shape index (κ3) is 11.0. The van der Waals surface area contributed by atoms with Crippen LogP contribution in [0.5, 0.6) is 0 Å². The Kier molecular flexibility index (Phi) is 12.8. The van der Waals surface area contributed by atoms with Gasteiger partial charge in [0.05, 0.1) is 32.0 Å². The molecule has 7 nitrogen and oxygen atoms in total. The molecule has 0 radical (unpaired) electrons. The van der Waals surface area contributed by atoms with Crippen LogP contribution in [0.25, 0.3) is 0 Å². The molecule has 0 aliphatic heterocycles. The quantitative estimate of drug-likeness (QED) is 0.362. The van der Waals surface area contributed by atoms with Gasteiger partial charge in [-0.3, -0.25) is 9.59 Å². The van der Waals surface area contributed by atoms with Gasteiger partial charge in [-0.15, -0.1) is 0 Å². The van der Waals surface area contributed by atoms with Crippen molar-refractivity contribution in [2.75, 3.05) is 60.3 Å². The lowest BCUT2D eigenvalue weighted by Gasteiger charge is -2.39. The fraction of sp³-hybridized carbons (Fsp3) is 0.704. The summed E-state index contributed by atoms with van der Waals surface area (Å²) in [4.78, 5) is 28.8. The van der Waals surface area contributed by atoms with Crippen molar-refractivity contribution in [1.29, 1.82) is 0 Å². The Morgan fingerprint density at radius 3 is 2.06 bits per heavy atom. The van der Waals surface area contributed by atoms with E-state index in [0.717, 1.165) is 6.42 Å². The van der Waals surface area contributed by atoms with E-state index >= 15 is 0 Å². The third-order valence-electron chi connectivity index (χ3n) is 5.86. The molecule has 1 aromatic carbocycles. The first-order valence-electron chi connectivity index (χ1n) is 12.1. The van der Waals surface area contributed by atoms with E-state index < -0.39 is 5.54 Å². The minimum atomic E-state index is -0.458. The predicted octanol–water partition coefficient (Wildman–Crippen LogP) is 3.72. The average Bonchev–Trinajstić information content (AvgIpc) is 2.75. The second-order valence-electron chi connectivity index (χ2n) is 10.4. The summed E-state index contributed by atoms with van der Waals surface area (Å²) in [5, 5.41) is 0. The van der Waals surface area contributed by atoms with Crippen LogP contribution in [-0.4, -0.2) is 87.4 Å². The third-order valence-corrected chi connectivity index (χ3v) is 5.86. The molecule has 2 amide bonds. The Morgan fingerprint density at radius 2 is 1.50 bits per heavy atom. The molecular formula is C27H46N2O5. The molecule has 0 aromatic heterocycles. The summed E-state index contributed by atoms with van der Waals surface area (Å²) >= 11 is 0. The molecule has 0 unspecified atom stereocenters. The number of rotatable bonds is 16. The van der Waals surface area contributed by atoms with Gasteiger partial charge in [0.15, 0.2) is 0 Å². The Bertz CT molecular complexity index is 746. The molecule has 0 saturated carbocycles. The number of carbonyl (C=O) groups excluding carboxylic acids is 2. The van der Waals surface area contributed by atoms with E-state index in [4.69, 9.17) is 14.2 Å². The second kappa shape index (κ2) is 14.4. The molecule has 0 saturated heterocycles. The van der Waals surface area contributed by atoms with Gasteiger partial charge in [-0.25, -0.2) is 0 Å². The summed E-state index contributed by atoms with van der Waals surface area (Å²) in [6, 6.07) is 8.32. The predicted molar refractivity (Wildman–Crippen MR) is 136 cm³/mol. The molecule has 7 heteroatoms. The van der Waals surface area contributed by atoms with Crippen molar-refractivity contribution in [3.63, 3.8) is 0 Å². The van der Waals surface area contributed by atoms with E-state index in [1.807, 2.05) is 18.7 Å². The number of benzene rings is 1. The topological polar surface area (TPSA) is 68.3 Å². The maximum Gasteiger partial charge on any atom is 0.222 e. The largest absolute Gasteiger partial charge is 0.383 e. The highest BCUT2D eigenvalue weighted by Gasteiger charge is 2.31. The van der Waals surface area contributed by atoms with Crippen LogP contribution >= 0.6 is 0 Å². The first-order valence-corrected chi connectivity index (χ1v) is 12.1. The minimum absolute atomic E-state index is 0.00479. The summed E-state index contributed by atoms with van der Waals surface area (Å²) in [6.45, 7) is 15.3. The van der Waals surface area contributed by atoms with Crippen molar-refractivity contribution in [3.05, 3.63) is 35.4 Å². The smallest absolute Gasteiger partial charge is 0.222 e. The van der Waals surface area contributed by atoms with Crippen molar-refractivity contribution < 1.29 is 23.8 Å². The van der Waals surface area contributed by atoms with Crippen LogP contribution in [0.15, 0.2) is 24.3 Å². The van der Waals surface area contributed by atoms with E-state index in [2.05, 4.69) is 45.0 Å². The van der Waals surface area contributed by atoms with Crippen molar-refractivity contribution in [2.45, 2.75) is 59.9 Å². The van der Waals surface area contributed by atoms with Crippen LogP contribution in [0.1, 0.15) is 52.2 Å².